The SMILES string of the molecule is CCOC(=O)C1(/C=C/C(=O)OC)CCCCC1=O. The van der Waals surface area contributed by atoms with Crippen LogP contribution in [0.3, 0.4) is 0 Å². The molecule has 0 heterocycles. The molecule has 1 saturated carbocycles. The van der Waals surface area contributed by atoms with Crippen molar-refractivity contribution in [3.8, 4) is 0 Å². The maximum absolute atomic E-state index is 12.0. The van der Waals surface area contributed by atoms with Crippen LogP contribution in [-0.4, -0.2) is 31.4 Å². The van der Waals surface area contributed by atoms with Gasteiger partial charge in [0.2, 0.25) is 0 Å². The summed E-state index contributed by atoms with van der Waals surface area (Å²) in [5, 5.41) is 0. The fourth-order valence-electron chi connectivity index (χ4n) is 2.05. The third kappa shape index (κ3) is 2.97. The van der Waals surface area contributed by atoms with Crippen molar-refractivity contribution < 1.29 is 23.9 Å². The first-order chi connectivity index (χ1) is 8.56. The molecule has 5 nitrogen and oxygen atoms in total. The van der Waals surface area contributed by atoms with Crippen molar-refractivity contribution in [1.29, 1.82) is 0 Å². The minimum absolute atomic E-state index is 0.188. The normalized spacial score (nSPS) is 24.0. The first kappa shape index (κ1) is 14.4. The Bertz CT molecular complexity index is 372. The summed E-state index contributed by atoms with van der Waals surface area (Å²) in [6.07, 6.45) is 4.71. The monoisotopic (exact) mass is 254 g/mol. The Morgan fingerprint density at radius 3 is 2.67 bits per heavy atom. The van der Waals surface area contributed by atoms with Crippen LogP contribution in [0.5, 0.6) is 0 Å². The van der Waals surface area contributed by atoms with Gasteiger partial charge in [-0.15, -0.1) is 0 Å². The van der Waals surface area contributed by atoms with Crippen molar-refractivity contribution in [1.82, 2.24) is 0 Å². The largest absolute Gasteiger partial charge is 0.466 e. The van der Waals surface area contributed by atoms with Crippen LogP contribution in [0.15, 0.2) is 12.2 Å². The van der Waals surface area contributed by atoms with E-state index in [0.717, 1.165) is 18.9 Å². The van der Waals surface area contributed by atoms with E-state index >= 15 is 0 Å². The van der Waals surface area contributed by atoms with Gasteiger partial charge < -0.3 is 9.47 Å². The minimum Gasteiger partial charge on any atom is -0.466 e. The molecule has 0 bridgehead atoms. The number of esters is 2. The molecule has 0 aromatic heterocycles. The molecule has 0 spiro atoms. The Morgan fingerprint density at radius 1 is 1.39 bits per heavy atom. The second-order valence-electron chi connectivity index (χ2n) is 4.18. The maximum Gasteiger partial charge on any atom is 0.330 e. The van der Waals surface area contributed by atoms with Crippen LogP contribution in [0.25, 0.3) is 0 Å². The van der Waals surface area contributed by atoms with Gasteiger partial charge in [-0.1, -0.05) is 12.5 Å². The molecule has 5 heteroatoms. The number of Topliss-reactive ketones (excluding diaryl/α,β-unsaturated/α-hetero) is 1. The summed E-state index contributed by atoms with van der Waals surface area (Å²) in [6, 6.07) is 0. The van der Waals surface area contributed by atoms with Gasteiger partial charge in [0, 0.05) is 12.5 Å². The van der Waals surface area contributed by atoms with Crippen LogP contribution in [0.4, 0.5) is 0 Å². The summed E-state index contributed by atoms with van der Waals surface area (Å²) >= 11 is 0. The second kappa shape index (κ2) is 6.33. The maximum atomic E-state index is 12.0. The Hall–Kier alpha value is -1.65. The molecule has 0 aliphatic heterocycles. The van der Waals surface area contributed by atoms with Crippen LogP contribution < -0.4 is 0 Å². The summed E-state index contributed by atoms with van der Waals surface area (Å²) in [4.78, 5) is 35.1. The zero-order valence-corrected chi connectivity index (χ0v) is 10.7. The lowest BCUT2D eigenvalue weighted by Crippen LogP contribution is -2.41. The van der Waals surface area contributed by atoms with E-state index in [2.05, 4.69) is 4.74 Å². The van der Waals surface area contributed by atoms with Crippen LogP contribution in [0.1, 0.15) is 32.6 Å². The molecule has 0 N–H and O–H groups in total. The molecule has 0 aromatic carbocycles. The zero-order valence-electron chi connectivity index (χ0n) is 10.7. The molecule has 1 atom stereocenters. The van der Waals surface area contributed by atoms with Gasteiger partial charge in [0.05, 0.1) is 13.7 Å². The highest BCUT2D eigenvalue weighted by atomic mass is 16.5. The predicted octanol–water partition coefficient (Wildman–Crippen LogP) is 1.41. The lowest BCUT2D eigenvalue weighted by Gasteiger charge is -2.30. The first-order valence-electron chi connectivity index (χ1n) is 6.04. The summed E-state index contributed by atoms with van der Waals surface area (Å²) in [7, 11) is 1.24. The number of hydrogen-bond acceptors (Lipinski definition) is 5. The van der Waals surface area contributed by atoms with Gasteiger partial charge in [0.25, 0.3) is 0 Å². The average molecular weight is 254 g/mol. The fourth-order valence-corrected chi connectivity index (χ4v) is 2.05. The van der Waals surface area contributed by atoms with Crippen molar-refractivity contribution in [3.63, 3.8) is 0 Å². The van der Waals surface area contributed by atoms with E-state index in [1.807, 2.05) is 0 Å². The van der Waals surface area contributed by atoms with Crippen LogP contribution in [-0.2, 0) is 23.9 Å². The molecular formula is C13H18O5. The molecule has 100 valence electrons. The van der Waals surface area contributed by atoms with Gasteiger partial charge in [-0.05, 0) is 19.8 Å². The first-order valence-corrected chi connectivity index (χ1v) is 6.04. The standard InChI is InChI=1S/C13H18O5/c1-3-18-12(16)13(9-7-11(15)17-2)8-5-4-6-10(13)14/h7,9H,3-6,8H2,1-2H3/b9-7+. The Morgan fingerprint density at radius 2 is 2.11 bits per heavy atom. The third-order valence-electron chi connectivity index (χ3n) is 3.07. The molecule has 0 radical (unpaired) electrons. The average Bonchev–Trinajstić information content (AvgIpc) is 2.38. The number of carbonyl (C=O) groups is 3. The Balaban J connectivity index is 3.00. The van der Waals surface area contributed by atoms with E-state index in [-0.39, 0.29) is 12.4 Å². The minimum atomic E-state index is -1.30. The summed E-state index contributed by atoms with van der Waals surface area (Å²) in [5.74, 6) is -1.35. The van der Waals surface area contributed by atoms with E-state index < -0.39 is 17.4 Å². The zero-order chi connectivity index (χ0) is 13.6. The summed E-state index contributed by atoms with van der Waals surface area (Å²) in [5.41, 5.74) is -1.30. The Kier molecular flexibility index (Phi) is 5.07. The van der Waals surface area contributed by atoms with Gasteiger partial charge >= 0.3 is 11.9 Å². The van der Waals surface area contributed by atoms with Gasteiger partial charge in [0.15, 0.2) is 5.78 Å². The molecule has 1 aliphatic rings. The molecule has 0 aromatic rings. The van der Waals surface area contributed by atoms with E-state index in [0.29, 0.717) is 12.8 Å². The highest BCUT2D eigenvalue weighted by Gasteiger charge is 2.45. The summed E-state index contributed by atoms with van der Waals surface area (Å²) < 4.78 is 9.43. The number of carbonyl (C=O) groups excluding carboxylic acids is 3. The molecule has 18 heavy (non-hydrogen) atoms. The molecular weight excluding hydrogens is 236 g/mol. The van der Waals surface area contributed by atoms with Gasteiger partial charge in [-0.3, -0.25) is 9.59 Å². The lowest BCUT2D eigenvalue weighted by molar-refractivity contribution is -0.158. The quantitative estimate of drug-likeness (QED) is 0.431. The van der Waals surface area contributed by atoms with Crippen molar-refractivity contribution in [2.24, 2.45) is 5.41 Å². The van der Waals surface area contributed by atoms with Crippen LogP contribution in [0.2, 0.25) is 0 Å². The van der Waals surface area contributed by atoms with Gasteiger partial charge in [-0.2, -0.15) is 0 Å². The molecule has 1 fully saturated rings. The van der Waals surface area contributed by atoms with E-state index in [9.17, 15) is 14.4 Å². The summed E-state index contributed by atoms with van der Waals surface area (Å²) in [6.45, 7) is 1.89. The topological polar surface area (TPSA) is 69.7 Å². The van der Waals surface area contributed by atoms with Crippen molar-refractivity contribution in [2.75, 3.05) is 13.7 Å². The van der Waals surface area contributed by atoms with Crippen LogP contribution in [0, 0.1) is 5.41 Å². The fraction of sp³-hybridized carbons (Fsp3) is 0.615. The molecule has 0 saturated heterocycles. The molecule has 0 amide bonds. The van der Waals surface area contributed by atoms with Crippen molar-refractivity contribution >= 4 is 17.7 Å². The van der Waals surface area contributed by atoms with E-state index in [1.54, 1.807) is 6.92 Å². The van der Waals surface area contributed by atoms with Crippen molar-refractivity contribution in [3.05, 3.63) is 12.2 Å². The lowest BCUT2D eigenvalue weighted by atomic mass is 9.72. The highest BCUT2D eigenvalue weighted by molar-refractivity contribution is 6.07. The number of ketones is 1. The predicted molar refractivity (Wildman–Crippen MR) is 63.7 cm³/mol. The number of methoxy groups -OCH3 is 1. The van der Waals surface area contributed by atoms with Crippen molar-refractivity contribution in [2.45, 2.75) is 32.6 Å². The Labute approximate surface area is 106 Å². The van der Waals surface area contributed by atoms with Gasteiger partial charge in [0.1, 0.15) is 5.41 Å². The smallest absolute Gasteiger partial charge is 0.330 e. The van der Waals surface area contributed by atoms with Gasteiger partial charge in [-0.25, -0.2) is 4.79 Å². The van der Waals surface area contributed by atoms with Crippen LogP contribution >= 0.6 is 0 Å². The number of ether oxygens (including phenoxy) is 2. The second-order valence-corrected chi connectivity index (χ2v) is 4.18. The number of hydrogen-bond donors (Lipinski definition) is 0. The highest BCUT2D eigenvalue weighted by Crippen LogP contribution is 2.36. The molecule has 1 unspecified atom stereocenters. The van der Waals surface area contributed by atoms with E-state index in [1.165, 1.54) is 13.2 Å². The molecule has 1 aliphatic carbocycles. The number of rotatable bonds is 4. The third-order valence-corrected chi connectivity index (χ3v) is 3.07. The molecule has 1 rings (SSSR count). The van der Waals surface area contributed by atoms with E-state index in [4.69, 9.17) is 4.74 Å².